The molecule has 0 aromatic rings. The van der Waals surface area contributed by atoms with Gasteiger partial charge in [-0.1, -0.05) is 43.8 Å². The smallest absolute Gasteiger partial charge is 0.0614 e. The SMILES string of the molecule is CC(=CCO)CCC1CCCCC1. The number of aliphatic hydroxyl groups is 1. The van der Waals surface area contributed by atoms with Crippen molar-refractivity contribution in [2.75, 3.05) is 6.61 Å². The van der Waals surface area contributed by atoms with E-state index in [9.17, 15) is 0 Å². The molecule has 0 spiro atoms. The van der Waals surface area contributed by atoms with Crippen molar-refractivity contribution >= 4 is 0 Å². The maximum Gasteiger partial charge on any atom is 0.0614 e. The molecule has 0 heterocycles. The molecule has 0 bridgehead atoms. The van der Waals surface area contributed by atoms with Crippen LogP contribution in [0.3, 0.4) is 0 Å². The zero-order chi connectivity index (χ0) is 9.52. The third-order valence-corrected chi connectivity index (χ3v) is 3.11. The Morgan fingerprint density at radius 1 is 1.31 bits per heavy atom. The highest BCUT2D eigenvalue weighted by atomic mass is 16.2. The van der Waals surface area contributed by atoms with Crippen LogP contribution in [0.2, 0.25) is 0 Å². The van der Waals surface area contributed by atoms with Crippen LogP contribution in [0.5, 0.6) is 0 Å². The van der Waals surface area contributed by atoms with Crippen molar-refractivity contribution in [1.82, 2.24) is 0 Å². The lowest BCUT2D eigenvalue weighted by Crippen LogP contribution is -2.06. The molecule has 1 rings (SSSR count). The van der Waals surface area contributed by atoms with Gasteiger partial charge < -0.3 is 5.11 Å². The van der Waals surface area contributed by atoms with Gasteiger partial charge in [-0.05, 0) is 25.7 Å². The van der Waals surface area contributed by atoms with E-state index in [0.717, 1.165) is 5.92 Å². The van der Waals surface area contributed by atoms with E-state index in [1.54, 1.807) is 0 Å². The van der Waals surface area contributed by atoms with Crippen LogP contribution in [0.4, 0.5) is 0 Å². The van der Waals surface area contributed by atoms with Gasteiger partial charge >= 0.3 is 0 Å². The molecule has 0 aliphatic heterocycles. The normalized spacial score (nSPS) is 20.6. The molecular formula is C12H22O. The zero-order valence-corrected chi connectivity index (χ0v) is 8.76. The summed E-state index contributed by atoms with van der Waals surface area (Å²) < 4.78 is 0. The molecule has 0 unspecified atom stereocenters. The van der Waals surface area contributed by atoms with Crippen molar-refractivity contribution in [3.05, 3.63) is 11.6 Å². The summed E-state index contributed by atoms with van der Waals surface area (Å²) in [6.45, 7) is 2.33. The Bertz CT molecular complexity index is 155. The quantitative estimate of drug-likeness (QED) is 0.661. The zero-order valence-electron chi connectivity index (χ0n) is 8.76. The van der Waals surface area contributed by atoms with E-state index in [-0.39, 0.29) is 6.61 Å². The van der Waals surface area contributed by atoms with E-state index in [0.29, 0.717) is 0 Å². The first-order valence-corrected chi connectivity index (χ1v) is 5.59. The summed E-state index contributed by atoms with van der Waals surface area (Å²) in [5.74, 6) is 0.968. The Kier molecular flexibility index (Phi) is 5.14. The van der Waals surface area contributed by atoms with Gasteiger partial charge in [-0.3, -0.25) is 0 Å². The summed E-state index contributed by atoms with van der Waals surface area (Å²) in [4.78, 5) is 0. The first kappa shape index (κ1) is 10.8. The van der Waals surface area contributed by atoms with Crippen molar-refractivity contribution in [3.63, 3.8) is 0 Å². The fourth-order valence-electron chi connectivity index (χ4n) is 2.17. The van der Waals surface area contributed by atoms with Crippen molar-refractivity contribution in [2.45, 2.75) is 51.9 Å². The molecule has 1 saturated carbocycles. The van der Waals surface area contributed by atoms with Gasteiger partial charge in [0.1, 0.15) is 0 Å². The summed E-state index contributed by atoms with van der Waals surface area (Å²) in [5.41, 5.74) is 1.35. The lowest BCUT2D eigenvalue weighted by atomic mass is 9.85. The molecule has 13 heavy (non-hydrogen) atoms. The van der Waals surface area contributed by atoms with Crippen LogP contribution in [-0.4, -0.2) is 11.7 Å². The molecule has 1 aliphatic rings. The van der Waals surface area contributed by atoms with Gasteiger partial charge in [-0.25, -0.2) is 0 Å². The maximum atomic E-state index is 8.70. The van der Waals surface area contributed by atoms with E-state index < -0.39 is 0 Å². The standard InChI is InChI=1S/C12H22O/c1-11(9-10-13)7-8-12-5-3-2-4-6-12/h9,12-13H,2-8,10H2,1H3. The van der Waals surface area contributed by atoms with Crippen LogP contribution < -0.4 is 0 Å². The highest BCUT2D eigenvalue weighted by Gasteiger charge is 2.12. The number of rotatable bonds is 4. The van der Waals surface area contributed by atoms with E-state index in [1.807, 2.05) is 6.08 Å². The third-order valence-electron chi connectivity index (χ3n) is 3.11. The first-order valence-electron chi connectivity index (χ1n) is 5.59. The molecule has 0 radical (unpaired) electrons. The molecule has 0 saturated heterocycles. The van der Waals surface area contributed by atoms with Crippen LogP contribution >= 0.6 is 0 Å². The highest BCUT2D eigenvalue weighted by Crippen LogP contribution is 2.28. The Morgan fingerprint density at radius 3 is 2.62 bits per heavy atom. The second kappa shape index (κ2) is 6.20. The molecular weight excluding hydrogens is 160 g/mol. The van der Waals surface area contributed by atoms with Gasteiger partial charge in [0.2, 0.25) is 0 Å². The second-order valence-corrected chi connectivity index (χ2v) is 4.28. The van der Waals surface area contributed by atoms with E-state index >= 15 is 0 Å². The number of hydrogen-bond acceptors (Lipinski definition) is 1. The fourth-order valence-corrected chi connectivity index (χ4v) is 2.17. The van der Waals surface area contributed by atoms with Crippen LogP contribution in [0, 0.1) is 5.92 Å². The summed E-state index contributed by atoms with van der Waals surface area (Å²) in [7, 11) is 0. The fraction of sp³-hybridized carbons (Fsp3) is 0.833. The molecule has 0 amide bonds. The topological polar surface area (TPSA) is 20.2 Å². The van der Waals surface area contributed by atoms with Crippen molar-refractivity contribution < 1.29 is 5.11 Å². The van der Waals surface area contributed by atoms with Crippen LogP contribution in [-0.2, 0) is 0 Å². The summed E-state index contributed by atoms with van der Waals surface area (Å²) in [6.07, 6.45) is 11.7. The van der Waals surface area contributed by atoms with Crippen LogP contribution in [0.25, 0.3) is 0 Å². The Hall–Kier alpha value is -0.300. The molecule has 1 nitrogen and oxygen atoms in total. The van der Waals surface area contributed by atoms with Crippen molar-refractivity contribution in [3.8, 4) is 0 Å². The van der Waals surface area contributed by atoms with E-state index in [4.69, 9.17) is 5.11 Å². The predicted molar refractivity (Wildman–Crippen MR) is 56.7 cm³/mol. The lowest BCUT2D eigenvalue weighted by Gasteiger charge is -2.21. The van der Waals surface area contributed by atoms with Gasteiger partial charge in [-0.2, -0.15) is 0 Å². The second-order valence-electron chi connectivity index (χ2n) is 4.28. The Labute approximate surface area is 81.9 Å². The van der Waals surface area contributed by atoms with Gasteiger partial charge in [0.05, 0.1) is 6.61 Å². The average Bonchev–Trinajstić information content (AvgIpc) is 2.17. The van der Waals surface area contributed by atoms with Crippen molar-refractivity contribution in [2.24, 2.45) is 5.92 Å². The molecule has 1 fully saturated rings. The van der Waals surface area contributed by atoms with E-state index in [2.05, 4.69) is 6.92 Å². The monoisotopic (exact) mass is 182 g/mol. The number of hydrogen-bond donors (Lipinski definition) is 1. The first-order chi connectivity index (χ1) is 6.33. The minimum atomic E-state index is 0.205. The molecule has 0 aromatic heterocycles. The largest absolute Gasteiger partial charge is 0.392 e. The Balaban J connectivity index is 2.13. The molecule has 1 aliphatic carbocycles. The minimum absolute atomic E-state index is 0.205. The average molecular weight is 182 g/mol. The van der Waals surface area contributed by atoms with E-state index in [1.165, 1.54) is 50.5 Å². The molecule has 0 atom stereocenters. The summed E-state index contributed by atoms with van der Waals surface area (Å²) in [6, 6.07) is 0. The number of aliphatic hydroxyl groups excluding tert-OH is 1. The van der Waals surface area contributed by atoms with Crippen LogP contribution in [0.1, 0.15) is 51.9 Å². The predicted octanol–water partition coefficient (Wildman–Crippen LogP) is 3.29. The van der Waals surface area contributed by atoms with Gasteiger partial charge in [-0.15, -0.1) is 0 Å². The molecule has 76 valence electrons. The summed E-state index contributed by atoms with van der Waals surface area (Å²) in [5, 5.41) is 8.70. The molecule has 1 N–H and O–H groups in total. The summed E-state index contributed by atoms with van der Waals surface area (Å²) >= 11 is 0. The Morgan fingerprint density at radius 2 is 2.00 bits per heavy atom. The highest BCUT2D eigenvalue weighted by molar-refractivity contribution is 4.97. The van der Waals surface area contributed by atoms with Gasteiger partial charge in [0, 0.05) is 0 Å². The minimum Gasteiger partial charge on any atom is -0.392 e. The number of allylic oxidation sites excluding steroid dienone is 1. The third kappa shape index (κ3) is 4.47. The maximum absolute atomic E-state index is 8.70. The van der Waals surface area contributed by atoms with Gasteiger partial charge in [0.15, 0.2) is 0 Å². The van der Waals surface area contributed by atoms with Crippen LogP contribution in [0.15, 0.2) is 11.6 Å². The van der Waals surface area contributed by atoms with Gasteiger partial charge in [0.25, 0.3) is 0 Å². The lowest BCUT2D eigenvalue weighted by molar-refractivity contribution is 0.333. The van der Waals surface area contributed by atoms with Crippen molar-refractivity contribution in [1.29, 1.82) is 0 Å². The molecule has 0 aromatic carbocycles. The molecule has 1 heteroatoms.